The first-order valence-electron chi connectivity index (χ1n) is 9.82. The van der Waals surface area contributed by atoms with Crippen molar-refractivity contribution in [3.63, 3.8) is 0 Å². The third kappa shape index (κ3) is 6.21. The summed E-state index contributed by atoms with van der Waals surface area (Å²) < 4.78 is 9.87. The van der Waals surface area contributed by atoms with Crippen molar-refractivity contribution in [2.45, 2.75) is 0 Å². The van der Waals surface area contributed by atoms with E-state index in [4.69, 9.17) is 21.1 Å². The van der Waals surface area contributed by atoms with Crippen LogP contribution < -0.4 is 15.4 Å². The molecule has 3 aromatic rings. The largest absolute Gasteiger partial charge is 0.497 e. The lowest BCUT2D eigenvalue weighted by molar-refractivity contribution is -0.113. The van der Waals surface area contributed by atoms with Crippen LogP contribution in [0.3, 0.4) is 0 Å². The fraction of sp³-hybridized carbons (Fsp3) is 0.0800. The van der Waals surface area contributed by atoms with E-state index >= 15 is 0 Å². The standard InChI is InChI=1S/C25H21ClN2O5/c1-32-19-12-10-16(11-13-19)14-22(28-23(29)20-8-3-4-9-21(20)26)24(30)27-18-7-5-6-17(15-18)25(31)33-2/h3-15H,1-2H3,(H,27,30)(H,28,29)/b22-14+. The summed E-state index contributed by atoms with van der Waals surface area (Å²) >= 11 is 6.13. The quantitative estimate of drug-likeness (QED) is 0.395. The van der Waals surface area contributed by atoms with Gasteiger partial charge < -0.3 is 20.1 Å². The van der Waals surface area contributed by atoms with Gasteiger partial charge in [0, 0.05) is 5.69 Å². The zero-order valence-electron chi connectivity index (χ0n) is 17.9. The Hall–Kier alpha value is -4.10. The van der Waals surface area contributed by atoms with Gasteiger partial charge in [0.05, 0.1) is 30.4 Å². The van der Waals surface area contributed by atoms with Crippen LogP contribution in [-0.4, -0.2) is 32.0 Å². The van der Waals surface area contributed by atoms with Gasteiger partial charge in [-0.2, -0.15) is 0 Å². The maximum Gasteiger partial charge on any atom is 0.337 e. The topological polar surface area (TPSA) is 93.7 Å². The molecule has 2 N–H and O–H groups in total. The second kappa shape index (κ2) is 11.0. The summed E-state index contributed by atoms with van der Waals surface area (Å²) in [5.74, 6) is -1.02. The van der Waals surface area contributed by atoms with Crippen LogP contribution in [0.2, 0.25) is 5.02 Å². The molecule has 0 atom stereocenters. The predicted molar refractivity (Wildman–Crippen MR) is 126 cm³/mol. The van der Waals surface area contributed by atoms with Gasteiger partial charge in [-0.05, 0) is 54.1 Å². The number of benzene rings is 3. The minimum Gasteiger partial charge on any atom is -0.497 e. The Balaban J connectivity index is 1.91. The molecule has 8 heteroatoms. The Morgan fingerprint density at radius 3 is 2.30 bits per heavy atom. The first-order valence-corrected chi connectivity index (χ1v) is 10.2. The average Bonchev–Trinajstić information content (AvgIpc) is 2.83. The first kappa shape index (κ1) is 23.6. The molecule has 2 amide bonds. The Labute approximate surface area is 196 Å². The molecule has 0 unspecified atom stereocenters. The van der Waals surface area contributed by atoms with Crippen LogP contribution in [0.25, 0.3) is 6.08 Å². The van der Waals surface area contributed by atoms with Gasteiger partial charge in [-0.3, -0.25) is 9.59 Å². The van der Waals surface area contributed by atoms with Crippen LogP contribution in [0.15, 0.2) is 78.5 Å². The number of carbonyl (C=O) groups excluding carboxylic acids is 3. The van der Waals surface area contributed by atoms with Crippen LogP contribution in [0.1, 0.15) is 26.3 Å². The lowest BCUT2D eigenvalue weighted by Gasteiger charge is -2.12. The number of ether oxygens (including phenoxy) is 2. The molecule has 0 spiro atoms. The van der Waals surface area contributed by atoms with Crippen LogP contribution >= 0.6 is 11.6 Å². The maximum atomic E-state index is 13.1. The van der Waals surface area contributed by atoms with Gasteiger partial charge in [-0.1, -0.05) is 41.9 Å². The van der Waals surface area contributed by atoms with Crippen molar-refractivity contribution in [3.8, 4) is 5.75 Å². The van der Waals surface area contributed by atoms with E-state index in [1.165, 1.54) is 19.3 Å². The highest BCUT2D eigenvalue weighted by Crippen LogP contribution is 2.18. The molecule has 0 aromatic heterocycles. The number of halogens is 1. The van der Waals surface area contributed by atoms with Gasteiger partial charge >= 0.3 is 5.97 Å². The fourth-order valence-corrected chi connectivity index (χ4v) is 3.12. The van der Waals surface area contributed by atoms with Crippen LogP contribution in [0, 0.1) is 0 Å². The number of carbonyl (C=O) groups is 3. The molecule has 168 valence electrons. The molecule has 3 rings (SSSR count). The average molecular weight is 465 g/mol. The van der Waals surface area contributed by atoms with Crippen molar-refractivity contribution in [3.05, 3.63) is 100 Å². The summed E-state index contributed by atoms with van der Waals surface area (Å²) in [6.45, 7) is 0. The molecule has 33 heavy (non-hydrogen) atoms. The smallest absolute Gasteiger partial charge is 0.337 e. The van der Waals surface area contributed by atoms with Crippen molar-refractivity contribution in [1.82, 2.24) is 5.32 Å². The highest BCUT2D eigenvalue weighted by atomic mass is 35.5. The molecule has 0 aliphatic heterocycles. The summed E-state index contributed by atoms with van der Waals surface area (Å²) in [6, 6.07) is 19.7. The van der Waals surface area contributed by atoms with E-state index in [-0.39, 0.29) is 21.8 Å². The van der Waals surface area contributed by atoms with Crippen molar-refractivity contribution in [2.24, 2.45) is 0 Å². The highest BCUT2D eigenvalue weighted by Gasteiger charge is 2.17. The Bertz CT molecular complexity index is 1210. The summed E-state index contributed by atoms with van der Waals surface area (Å²) in [6.07, 6.45) is 1.52. The van der Waals surface area contributed by atoms with E-state index in [9.17, 15) is 14.4 Å². The molecular weight excluding hydrogens is 444 g/mol. The zero-order valence-corrected chi connectivity index (χ0v) is 18.7. The predicted octanol–water partition coefficient (Wildman–Crippen LogP) is 4.54. The van der Waals surface area contributed by atoms with Gasteiger partial charge in [0.25, 0.3) is 11.8 Å². The van der Waals surface area contributed by atoms with Crippen LogP contribution in [0.5, 0.6) is 5.75 Å². The van der Waals surface area contributed by atoms with Crippen molar-refractivity contribution in [1.29, 1.82) is 0 Å². The molecule has 0 aliphatic rings. The van der Waals surface area contributed by atoms with E-state index in [1.807, 2.05) is 0 Å². The zero-order chi connectivity index (χ0) is 23.8. The van der Waals surface area contributed by atoms with E-state index < -0.39 is 17.8 Å². The molecule has 0 aliphatic carbocycles. The number of nitrogens with one attached hydrogen (secondary N) is 2. The van der Waals surface area contributed by atoms with Gasteiger partial charge in [-0.25, -0.2) is 4.79 Å². The number of esters is 1. The van der Waals surface area contributed by atoms with Crippen LogP contribution in [-0.2, 0) is 9.53 Å². The van der Waals surface area contributed by atoms with Gasteiger partial charge in [0.1, 0.15) is 11.4 Å². The number of anilines is 1. The normalized spacial score (nSPS) is 10.8. The van der Waals surface area contributed by atoms with E-state index in [0.29, 0.717) is 17.0 Å². The summed E-state index contributed by atoms with van der Waals surface area (Å²) in [5.41, 5.74) is 1.49. The second-order valence-corrected chi connectivity index (χ2v) is 7.20. The third-order valence-corrected chi connectivity index (χ3v) is 4.91. The number of methoxy groups -OCH3 is 2. The molecular formula is C25H21ClN2O5. The summed E-state index contributed by atoms with van der Waals surface area (Å²) in [5, 5.41) is 5.57. The SMILES string of the molecule is COC(=O)c1cccc(NC(=O)/C(=C\c2ccc(OC)cc2)NC(=O)c2ccccc2Cl)c1. The molecule has 0 saturated carbocycles. The van der Waals surface area contributed by atoms with E-state index in [1.54, 1.807) is 73.8 Å². The fourth-order valence-electron chi connectivity index (χ4n) is 2.90. The number of rotatable bonds is 7. The lowest BCUT2D eigenvalue weighted by atomic mass is 10.1. The lowest BCUT2D eigenvalue weighted by Crippen LogP contribution is -2.31. The number of amides is 2. The van der Waals surface area contributed by atoms with Gasteiger partial charge in [0.15, 0.2) is 0 Å². The molecule has 0 saturated heterocycles. The Morgan fingerprint density at radius 2 is 1.64 bits per heavy atom. The molecule has 0 bridgehead atoms. The maximum absolute atomic E-state index is 13.1. The second-order valence-electron chi connectivity index (χ2n) is 6.79. The van der Waals surface area contributed by atoms with Crippen molar-refractivity contribution in [2.75, 3.05) is 19.5 Å². The Morgan fingerprint density at radius 1 is 0.909 bits per heavy atom. The Kier molecular flexibility index (Phi) is 7.83. The third-order valence-electron chi connectivity index (χ3n) is 4.58. The summed E-state index contributed by atoms with van der Waals surface area (Å²) in [4.78, 5) is 37.7. The summed E-state index contributed by atoms with van der Waals surface area (Å²) in [7, 11) is 2.82. The number of hydrogen-bond acceptors (Lipinski definition) is 5. The molecule has 0 fully saturated rings. The molecule has 0 radical (unpaired) electrons. The first-order chi connectivity index (χ1) is 15.9. The molecule has 3 aromatic carbocycles. The van der Waals surface area contributed by atoms with Crippen molar-refractivity contribution < 1.29 is 23.9 Å². The van der Waals surface area contributed by atoms with Gasteiger partial charge in [0.2, 0.25) is 0 Å². The minimum absolute atomic E-state index is 0.0199. The van der Waals surface area contributed by atoms with Crippen molar-refractivity contribution >= 4 is 41.1 Å². The highest BCUT2D eigenvalue weighted by molar-refractivity contribution is 6.34. The monoisotopic (exact) mass is 464 g/mol. The van der Waals surface area contributed by atoms with Crippen LogP contribution in [0.4, 0.5) is 5.69 Å². The van der Waals surface area contributed by atoms with E-state index in [2.05, 4.69) is 10.6 Å². The number of hydrogen-bond donors (Lipinski definition) is 2. The molecule has 0 heterocycles. The van der Waals surface area contributed by atoms with Gasteiger partial charge in [-0.15, -0.1) is 0 Å². The minimum atomic E-state index is -0.590. The molecule has 7 nitrogen and oxygen atoms in total. The van der Waals surface area contributed by atoms with E-state index in [0.717, 1.165) is 0 Å².